The number of benzene rings is 1. The van der Waals surface area contributed by atoms with Crippen LogP contribution in [0, 0.1) is 0 Å². The predicted octanol–water partition coefficient (Wildman–Crippen LogP) is 2.83. The second-order valence-corrected chi connectivity index (χ2v) is 7.24. The summed E-state index contributed by atoms with van der Waals surface area (Å²) in [5.41, 5.74) is 1.63. The van der Waals surface area contributed by atoms with Crippen LogP contribution in [0.25, 0.3) is 0 Å². The summed E-state index contributed by atoms with van der Waals surface area (Å²) in [5.74, 6) is -0.0106. The van der Waals surface area contributed by atoms with Crippen molar-refractivity contribution in [2.45, 2.75) is 38.0 Å². The van der Waals surface area contributed by atoms with Crippen molar-refractivity contribution in [2.24, 2.45) is 0 Å². The minimum Gasteiger partial charge on any atom is -0.367 e. The molecule has 146 valence electrons. The first-order valence-electron chi connectivity index (χ1n) is 9.46. The van der Waals surface area contributed by atoms with Crippen LogP contribution >= 0.6 is 12.4 Å². The Labute approximate surface area is 166 Å². The summed E-state index contributed by atoms with van der Waals surface area (Å²) >= 11 is 0. The molecule has 2 aliphatic heterocycles. The van der Waals surface area contributed by atoms with Gasteiger partial charge in [-0.05, 0) is 37.9 Å². The molecule has 2 aromatic rings. The van der Waals surface area contributed by atoms with E-state index in [1.54, 1.807) is 0 Å². The molecular formula is C20H27ClN4O2. The second-order valence-electron chi connectivity index (χ2n) is 7.24. The van der Waals surface area contributed by atoms with Crippen LogP contribution in [0.15, 0.2) is 42.6 Å². The van der Waals surface area contributed by atoms with Gasteiger partial charge in [0.15, 0.2) is 0 Å². The quantitative estimate of drug-likeness (QED) is 0.875. The SMILES string of the molecule is CC1CN(C(=O)c2ccn(C3CCCNC3)n2)CC(c2ccccc2)O1.Cl. The lowest BCUT2D eigenvalue weighted by molar-refractivity contribution is -0.0693. The predicted molar refractivity (Wildman–Crippen MR) is 106 cm³/mol. The van der Waals surface area contributed by atoms with Crippen LogP contribution in [0.1, 0.15) is 48.0 Å². The second kappa shape index (κ2) is 8.87. The van der Waals surface area contributed by atoms with Crippen molar-refractivity contribution < 1.29 is 9.53 Å². The molecule has 3 heterocycles. The van der Waals surface area contributed by atoms with E-state index in [0.29, 0.717) is 24.8 Å². The zero-order valence-corrected chi connectivity index (χ0v) is 16.4. The number of amides is 1. The van der Waals surface area contributed by atoms with Crippen LogP contribution in [0.5, 0.6) is 0 Å². The lowest BCUT2D eigenvalue weighted by Gasteiger charge is -2.36. The maximum Gasteiger partial charge on any atom is 0.274 e. The molecule has 3 atom stereocenters. The number of rotatable bonds is 3. The molecule has 0 radical (unpaired) electrons. The molecule has 1 aromatic heterocycles. The number of morpholine rings is 1. The molecule has 7 heteroatoms. The standard InChI is InChI=1S/C20H26N4O2.ClH/c1-15-13-23(14-19(26-15)16-6-3-2-4-7-16)20(25)18-9-11-24(22-18)17-8-5-10-21-12-17;/h2-4,6-7,9,11,15,17,19,21H,5,8,10,12-14H2,1H3;1H. The lowest BCUT2D eigenvalue weighted by Crippen LogP contribution is -2.46. The number of nitrogens with zero attached hydrogens (tertiary/aromatic N) is 3. The van der Waals surface area contributed by atoms with Crippen LogP contribution in [0.3, 0.4) is 0 Å². The average molecular weight is 391 g/mol. The normalized spacial score (nSPS) is 25.7. The first-order valence-corrected chi connectivity index (χ1v) is 9.46. The van der Waals surface area contributed by atoms with E-state index in [1.165, 1.54) is 0 Å². The highest BCUT2D eigenvalue weighted by Crippen LogP contribution is 2.26. The number of nitrogens with one attached hydrogen (secondary N) is 1. The van der Waals surface area contributed by atoms with Crippen molar-refractivity contribution in [3.05, 3.63) is 53.9 Å². The number of hydrogen-bond acceptors (Lipinski definition) is 4. The Morgan fingerprint density at radius 2 is 2.04 bits per heavy atom. The molecule has 1 aromatic carbocycles. The van der Waals surface area contributed by atoms with E-state index >= 15 is 0 Å². The maximum absolute atomic E-state index is 13.0. The molecule has 1 N–H and O–H groups in total. The highest BCUT2D eigenvalue weighted by atomic mass is 35.5. The summed E-state index contributed by atoms with van der Waals surface area (Å²) in [5, 5.41) is 7.97. The van der Waals surface area contributed by atoms with Crippen molar-refractivity contribution in [1.82, 2.24) is 20.0 Å². The first-order chi connectivity index (χ1) is 12.7. The number of ether oxygens (including phenoxy) is 1. The van der Waals surface area contributed by atoms with Gasteiger partial charge in [0.25, 0.3) is 5.91 Å². The lowest BCUT2D eigenvalue weighted by atomic mass is 10.1. The fourth-order valence-electron chi connectivity index (χ4n) is 3.85. The van der Waals surface area contributed by atoms with Crippen LogP contribution in [-0.4, -0.2) is 52.9 Å². The summed E-state index contributed by atoms with van der Waals surface area (Å²) in [6, 6.07) is 12.3. The van der Waals surface area contributed by atoms with Gasteiger partial charge in [0.05, 0.1) is 18.7 Å². The Morgan fingerprint density at radius 3 is 2.78 bits per heavy atom. The zero-order chi connectivity index (χ0) is 17.9. The van der Waals surface area contributed by atoms with E-state index in [1.807, 2.05) is 47.0 Å². The third-order valence-electron chi connectivity index (χ3n) is 5.19. The van der Waals surface area contributed by atoms with Gasteiger partial charge in [-0.25, -0.2) is 0 Å². The monoisotopic (exact) mass is 390 g/mol. The summed E-state index contributed by atoms with van der Waals surface area (Å²) < 4.78 is 8.00. The van der Waals surface area contributed by atoms with E-state index in [2.05, 4.69) is 22.5 Å². The summed E-state index contributed by atoms with van der Waals surface area (Å²) in [6.07, 6.45) is 4.10. The fourth-order valence-corrected chi connectivity index (χ4v) is 3.85. The molecule has 6 nitrogen and oxygen atoms in total. The largest absolute Gasteiger partial charge is 0.367 e. The van der Waals surface area contributed by atoms with Gasteiger partial charge in [0.2, 0.25) is 0 Å². The molecule has 2 saturated heterocycles. The minimum absolute atomic E-state index is 0. The number of aromatic nitrogens is 2. The van der Waals surface area contributed by atoms with Crippen LogP contribution in [0.4, 0.5) is 0 Å². The molecular weight excluding hydrogens is 364 g/mol. The average Bonchev–Trinajstić information content (AvgIpc) is 3.18. The molecule has 0 bridgehead atoms. The van der Waals surface area contributed by atoms with Crippen molar-refractivity contribution in [3.8, 4) is 0 Å². The molecule has 0 saturated carbocycles. The molecule has 1 amide bonds. The molecule has 4 rings (SSSR count). The highest BCUT2D eigenvalue weighted by Gasteiger charge is 2.31. The van der Waals surface area contributed by atoms with Crippen molar-refractivity contribution in [3.63, 3.8) is 0 Å². The first kappa shape index (κ1) is 19.9. The van der Waals surface area contributed by atoms with E-state index in [0.717, 1.165) is 31.5 Å². The molecule has 3 unspecified atom stereocenters. The van der Waals surface area contributed by atoms with Gasteiger partial charge in [0.1, 0.15) is 11.8 Å². The molecule has 2 aliphatic rings. The molecule has 0 spiro atoms. The van der Waals surface area contributed by atoms with Gasteiger partial charge in [-0.1, -0.05) is 30.3 Å². The van der Waals surface area contributed by atoms with Crippen LogP contribution in [-0.2, 0) is 4.74 Å². The van der Waals surface area contributed by atoms with Gasteiger partial charge in [-0.2, -0.15) is 5.10 Å². The van der Waals surface area contributed by atoms with Gasteiger partial charge in [-0.15, -0.1) is 12.4 Å². The third-order valence-corrected chi connectivity index (χ3v) is 5.19. The summed E-state index contributed by atoms with van der Waals surface area (Å²) in [6.45, 7) is 5.16. The molecule has 27 heavy (non-hydrogen) atoms. The number of carbonyl (C=O) groups is 1. The summed E-state index contributed by atoms with van der Waals surface area (Å²) in [4.78, 5) is 14.9. The van der Waals surface area contributed by atoms with Crippen molar-refractivity contribution in [1.29, 1.82) is 0 Å². The zero-order valence-electron chi connectivity index (χ0n) is 15.6. The topological polar surface area (TPSA) is 59.4 Å². The number of hydrogen-bond donors (Lipinski definition) is 1. The Bertz CT molecular complexity index is 745. The number of halogens is 1. The van der Waals surface area contributed by atoms with Crippen LogP contribution < -0.4 is 5.32 Å². The molecule has 0 aliphatic carbocycles. The Hall–Kier alpha value is -1.89. The van der Waals surface area contributed by atoms with Crippen molar-refractivity contribution >= 4 is 18.3 Å². The van der Waals surface area contributed by atoms with E-state index in [9.17, 15) is 4.79 Å². The van der Waals surface area contributed by atoms with Gasteiger partial charge in [0, 0.05) is 19.3 Å². The smallest absolute Gasteiger partial charge is 0.274 e. The highest BCUT2D eigenvalue weighted by molar-refractivity contribution is 5.92. The van der Waals surface area contributed by atoms with Crippen molar-refractivity contribution in [2.75, 3.05) is 26.2 Å². The minimum atomic E-state index is -0.0893. The Morgan fingerprint density at radius 1 is 1.22 bits per heavy atom. The van der Waals surface area contributed by atoms with Gasteiger partial charge < -0.3 is 15.0 Å². The number of carbonyl (C=O) groups excluding carboxylic acids is 1. The fraction of sp³-hybridized carbons (Fsp3) is 0.500. The Kier molecular flexibility index (Phi) is 6.52. The van der Waals surface area contributed by atoms with E-state index < -0.39 is 0 Å². The van der Waals surface area contributed by atoms with Gasteiger partial charge in [-0.3, -0.25) is 9.48 Å². The third kappa shape index (κ3) is 4.51. The van der Waals surface area contributed by atoms with E-state index in [4.69, 9.17) is 4.74 Å². The molecule has 2 fully saturated rings. The van der Waals surface area contributed by atoms with Crippen LogP contribution in [0.2, 0.25) is 0 Å². The summed E-state index contributed by atoms with van der Waals surface area (Å²) in [7, 11) is 0. The Balaban J connectivity index is 0.00000210. The van der Waals surface area contributed by atoms with Gasteiger partial charge >= 0.3 is 0 Å². The van der Waals surface area contributed by atoms with E-state index in [-0.39, 0.29) is 30.5 Å². The number of piperidine rings is 1. The maximum atomic E-state index is 13.0.